The maximum atomic E-state index is 10.8. The molecule has 4 rings (SSSR count). The van der Waals surface area contributed by atoms with Crippen LogP contribution in [-0.2, 0) is 6.54 Å². The van der Waals surface area contributed by atoms with Crippen molar-refractivity contribution in [1.82, 2.24) is 19.7 Å². The van der Waals surface area contributed by atoms with Crippen molar-refractivity contribution in [1.29, 1.82) is 0 Å². The van der Waals surface area contributed by atoms with Crippen LogP contribution in [0.15, 0.2) is 54.7 Å². The number of fused-ring (bicyclic) bond motifs is 1. The van der Waals surface area contributed by atoms with Crippen LogP contribution in [0.3, 0.4) is 0 Å². The lowest BCUT2D eigenvalue weighted by Crippen LogP contribution is -2.00. The van der Waals surface area contributed by atoms with E-state index in [2.05, 4.69) is 15.1 Å². The molecular weight excluding hydrogens is 368 g/mol. The normalized spacial score (nSPS) is 11.0. The van der Waals surface area contributed by atoms with Gasteiger partial charge in [-0.1, -0.05) is 29.8 Å². The Kier molecular flexibility index (Phi) is 4.17. The lowest BCUT2D eigenvalue weighted by molar-refractivity contribution is -0.384. The second kappa shape index (κ2) is 6.65. The molecule has 0 saturated carbocycles. The first-order chi connectivity index (χ1) is 13.0. The minimum atomic E-state index is -0.460. The average molecular weight is 381 g/mol. The predicted molar refractivity (Wildman–Crippen MR) is 102 cm³/mol. The number of anilines is 1. The quantitative estimate of drug-likeness (QED) is 0.426. The van der Waals surface area contributed by atoms with Crippen molar-refractivity contribution in [2.75, 3.05) is 5.73 Å². The maximum Gasteiger partial charge on any atom is 0.269 e. The van der Waals surface area contributed by atoms with Crippen LogP contribution in [-0.4, -0.2) is 24.7 Å². The summed E-state index contributed by atoms with van der Waals surface area (Å²) in [5.41, 5.74) is 8.06. The molecule has 2 aromatic carbocycles. The Bertz CT molecular complexity index is 1160. The van der Waals surface area contributed by atoms with E-state index in [-0.39, 0.29) is 5.69 Å². The van der Waals surface area contributed by atoms with Crippen LogP contribution in [0.2, 0.25) is 5.02 Å². The van der Waals surface area contributed by atoms with Gasteiger partial charge in [-0.2, -0.15) is 5.10 Å². The Morgan fingerprint density at radius 3 is 2.56 bits per heavy atom. The summed E-state index contributed by atoms with van der Waals surface area (Å²) in [6, 6.07) is 13.5. The van der Waals surface area contributed by atoms with E-state index in [1.54, 1.807) is 23.0 Å². The van der Waals surface area contributed by atoms with E-state index in [0.717, 1.165) is 5.56 Å². The van der Waals surface area contributed by atoms with Gasteiger partial charge in [-0.15, -0.1) is 0 Å². The van der Waals surface area contributed by atoms with Crippen molar-refractivity contribution in [2.45, 2.75) is 6.54 Å². The fourth-order valence-electron chi connectivity index (χ4n) is 2.72. The molecule has 0 aliphatic carbocycles. The van der Waals surface area contributed by atoms with Crippen LogP contribution in [0.4, 0.5) is 11.5 Å². The Morgan fingerprint density at radius 1 is 1.11 bits per heavy atom. The van der Waals surface area contributed by atoms with Crippen LogP contribution in [0, 0.1) is 10.1 Å². The van der Waals surface area contributed by atoms with Crippen molar-refractivity contribution in [2.24, 2.45) is 0 Å². The van der Waals surface area contributed by atoms with Crippen LogP contribution in [0.25, 0.3) is 22.4 Å². The second-order valence-corrected chi connectivity index (χ2v) is 6.30. The minimum Gasteiger partial charge on any atom is -0.383 e. The number of aromatic nitrogens is 4. The van der Waals surface area contributed by atoms with Gasteiger partial charge in [0, 0.05) is 28.9 Å². The summed E-state index contributed by atoms with van der Waals surface area (Å²) >= 11 is 6.20. The standard InChI is InChI=1S/C18H13ClN6O2/c19-15-4-2-1-3-12(15)9-24-10-14-16(20)21-17(22-18(14)23-24)11-5-7-13(8-6-11)25(26)27/h1-8,10H,9H2,(H2,20,21,22,23). The van der Waals surface area contributed by atoms with E-state index in [9.17, 15) is 10.1 Å². The highest BCUT2D eigenvalue weighted by atomic mass is 35.5. The second-order valence-electron chi connectivity index (χ2n) is 5.89. The monoisotopic (exact) mass is 380 g/mol. The smallest absolute Gasteiger partial charge is 0.269 e. The van der Waals surface area contributed by atoms with Gasteiger partial charge in [0.1, 0.15) is 5.82 Å². The van der Waals surface area contributed by atoms with Gasteiger partial charge in [0.25, 0.3) is 5.69 Å². The third-order valence-electron chi connectivity index (χ3n) is 4.08. The number of non-ortho nitro benzene ring substituents is 1. The number of nitrogen functional groups attached to an aromatic ring is 1. The molecule has 0 bridgehead atoms. The van der Waals surface area contributed by atoms with Crippen LogP contribution < -0.4 is 5.73 Å². The molecule has 0 spiro atoms. The molecule has 0 radical (unpaired) electrons. The first-order valence-electron chi connectivity index (χ1n) is 8.00. The molecule has 0 unspecified atom stereocenters. The van der Waals surface area contributed by atoms with E-state index in [4.69, 9.17) is 17.3 Å². The summed E-state index contributed by atoms with van der Waals surface area (Å²) in [6.45, 7) is 0.475. The van der Waals surface area contributed by atoms with E-state index < -0.39 is 4.92 Å². The first-order valence-corrected chi connectivity index (χ1v) is 8.38. The third kappa shape index (κ3) is 3.30. The lowest BCUT2D eigenvalue weighted by atomic mass is 10.2. The fraction of sp³-hybridized carbons (Fsp3) is 0.0556. The lowest BCUT2D eigenvalue weighted by Gasteiger charge is -2.03. The summed E-state index contributed by atoms with van der Waals surface area (Å²) < 4.78 is 1.70. The molecule has 9 heteroatoms. The SMILES string of the molecule is Nc1nc(-c2ccc([N+](=O)[O-])cc2)nc2nn(Cc3ccccc3Cl)cc12. The van der Waals surface area contributed by atoms with Gasteiger partial charge < -0.3 is 5.73 Å². The Balaban J connectivity index is 1.71. The molecule has 0 saturated heterocycles. The highest BCUT2D eigenvalue weighted by Crippen LogP contribution is 2.25. The average Bonchev–Trinajstić information content (AvgIpc) is 3.07. The summed E-state index contributed by atoms with van der Waals surface area (Å²) in [6.07, 6.45) is 1.77. The Morgan fingerprint density at radius 2 is 1.85 bits per heavy atom. The van der Waals surface area contributed by atoms with Gasteiger partial charge in [0.05, 0.1) is 16.9 Å². The number of nitro groups is 1. The van der Waals surface area contributed by atoms with Gasteiger partial charge >= 0.3 is 0 Å². The van der Waals surface area contributed by atoms with Crippen LogP contribution in [0.5, 0.6) is 0 Å². The molecule has 0 fully saturated rings. The zero-order valence-corrected chi connectivity index (χ0v) is 14.7. The molecule has 0 aliphatic heterocycles. The zero-order chi connectivity index (χ0) is 19.0. The van der Waals surface area contributed by atoms with E-state index in [1.165, 1.54) is 12.1 Å². The molecule has 0 atom stereocenters. The predicted octanol–water partition coefficient (Wildman–Crippen LogP) is 3.69. The van der Waals surface area contributed by atoms with E-state index >= 15 is 0 Å². The Hall–Kier alpha value is -3.52. The molecule has 27 heavy (non-hydrogen) atoms. The fourth-order valence-corrected chi connectivity index (χ4v) is 2.91. The minimum absolute atomic E-state index is 0.00295. The maximum absolute atomic E-state index is 10.8. The molecule has 4 aromatic rings. The summed E-state index contributed by atoms with van der Waals surface area (Å²) in [4.78, 5) is 19.1. The van der Waals surface area contributed by atoms with E-state index in [0.29, 0.717) is 39.8 Å². The molecule has 134 valence electrons. The summed E-state index contributed by atoms with van der Waals surface area (Å²) in [5.74, 6) is 0.650. The van der Waals surface area contributed by atoms with Crippen LogP contribution >= 0.6 is 11.6 Å². The van der Waals surface area contributed by atoms with Crippen molar-refractivity contribution in [3.05, 3.63) is 75.4 Å². The first kappa shape index (κ1) is 16.9. The van der Waals surface area contributed by atoms with Crippen molar-refractivity contribution in [3.63, 3.8) is 0 Å². The molecule has 2 N–H and O–H groups in total. The number of benzene rings is 2. The highest BCUT2D eigenvalue weighted by Gasteiger charge is 2.13. The van der Waals surface area contributed by atoms with E-state index in [1.807, 2.05) is 24.3 Å². The number of hydrogen-bond acceptors (Lipinski definition) is 6. The van der Waals surface area contributed by atoms with Gasteiger partial charge in [-0.25, -0.2) is 9.97 Å². The summed E-state index contributed by atoms with van der Waals surface area (Å²) in [5, 5.41) is 16.5. The molecule has 0 aliphatic rings. The molecule has 2 aromatic heterocycles. The third-order valence-corrected chi connectivity index (χ3v) is 4.45. The van der Waals surface area contributed by atoms with Crippen LogP contribution in [0.1, 0.15) is 5.56 Å². The number of nitrogens with zero attached hydrogens (tertiary/aromatic N) is 5. The number of nitro benzene ring substituents is 1. The van der Waals surface area contributed by atoms with Gasteiger partial charge in [0.2, 0.25) is 0 Å². The molecule has 0 amide bonds. The molecule has 8 nitrogen and oxygen atoms in total. The Labute approximate surface area is 158 Å². The highest BCUT2D eigenvalue weighted by molar-refractivity contribution is 6.31. The van der Waals surface area contributed by atoms with Crippen molar-refractivity contribution >= 4 is 34.1 Å². The van der Waals surface area contributed by atoms with Gasteiger partial charge in [0.15, 0.2) is 11.5 Å². The number of nitrogens with two attached hydrogens (primary N) is 1. The summed E-state index contributed by atoms with van der Waals surface area (Å²) in [7, 11) is 0. The zero-order valence-electron chi connectivity index (χ0n) is 13.9. The van der Waals surface area contributed by atoms with Gasteiger partial charge in [-0.3, -0.25) is 14.8 Å². The molecule has 2 heterocycles. The molecular formula is C18H13ClN6O2. The largest absolute Gasteiger partial charge is 0.383 e. The number of hydrogen-bond donors (Lipinski definition) is 1. The van der Waals surface area contributed by atoms with Crippen molar-refractivity contribution in [3.8, 4) is 11.4 Å². The number of halogens is 1. The topological polar surface area (TPSA) is 113 Å². The number of rotatable bonds is 4. The van der Waals surface area contributed by atoms with Gasteiger partial charge in [-0.05, 0) is 23.8 Å². The van der Waals surface area contributed by atoms with Crippen molar-refractivity contribution < 1.29 is 4.92 Å².